The lowest BCUT2D eigenvalue weighted by Crippen LogP contribution is -2.38. The summed E-state index contributed by atoms with van der Waals surface area (Å²) >= 11 is 5.98. The van der Waals surface area contributed by atoms with Crippen molar-refractivity contribution in [2.24, 2.45) is 0 Å². The van der Waals surface area contributed by atoms with Gasteiger partial charge < -0.3 is 14.5 Å². The Morgan fingerprint density at radius 1 is 1.33 bits per heavy atom. The highest BCUT2D eigenvalue weighted by Gasteiger charge is 2.32. The molecule has 3 nitrogen and oxygen atoms in total. The second-order valence-corrected chi connectivity index (χ2v) is 5.30. The van der Waals surface area contributed by atoms with Crippen LogP contribution in [0.3, 0.4) is 0 Å². The molecule has 0 aliphatic carbocycles. The van der Waals surface area contributed by atoms with Crippen molar-refractivity contribution >= 4 is 22.6 Å². The zero-order valence-electron chi connectivity index (χ0n) is 11.1. The highest BCUT2D eigenvalue weighted by Crippen LogP contribution is 2.32. The molecule has 0 fully saturated rings. The Labute approximate surface area is 112 Å². The molecule has 1 aromatic heterocycles. The fourth-order valence-corrected chi connectivity index (χ4v) is 2.31. The average Bonchev–Trinajstić information content (AvgIpc) is 2.72. The summed E-state index contributed by atoms with van der Waals surface area (Å²) in [6.07, 6.45) is 0. The van der Waals surface area contributed by atoms with Gasteiger partial charge in [-0.2, -0.15) is 0 Å². The molecular weight excluding hydrogens is 250 g/mol. The van der Waals surface area contributed by atoms with E-state index in [4.69, 9.17) is 20.8 Å². The lowest BCUT2D eigenvalue weighted by Gasteiger charge is -2.31. The predicted octanol–water partition coefficient (Wildman–Crippen LogP) is 3.77. The lowest BCUT2D eigenvalue weighted by atomic mass is 9.96. The van der Waals surface area contributed by atoms with E-state index >= 15 is 0 Å². The van der Waals surface area contributed by atoms with E-state index in [-0.39, 0.29) is 11.6 Å². The van der Waals surface area contributed by atoms with Crippen molar-refractivity contribution in [2.75, 3.05) is 14.2 Å². The first kappa shape index (κ1) is 13.4. The van der Waals surface area contributed by atoms with Crippen molar-refractivity contribution in [3.8, 4) is 0 Å². The fraction of sp³-hybridized carbons (Fsp3) is 0.429. The van der Waals surface area contributed by atoms with Crippen LogP contribution in [0.5, 0.6) is 0 Å². The highest BCUT2D eigenvalue weighted by atomic mass is 35.5. The van der Waals surface area contributed by atoms with Crippen LogP contribution in [0.1, 0.15) is 25.6 Å². The molecule has 0 amide bonds. The van der Waals surface area contributed by atoms with Crippen LogP contribution in [-0.2, 0) is 4.74 Å². The van der Waals surface area contributed by atoms with E-state index in [1.807, 2.05) is 45.2 Å². The van der Waals surface area contributed by atoms with Crippen LogP contribution >= 0.6 is 11.6 Å². The lowest BCUT2D eigenvalue weighted by molar-refractivity contribution is -0.0143. The van der Waals surface area contributed by atoms with Gasteiger partial charge in [0.2, 0.25) is 0 Å². The smallest absolute Gasteiger partial charge is 0.134 e. The van der Waals surface area contributed by atoms with E-state index in [1.165, 1.54) is 0 Å². The van der Waals surface area contributed by atoms with Crippen molar-refractivity contribution in [1.82, 2.24) is 5.32 Å². The first-order chi connectivity index (χ1) is 8.47. The van der Waals surface area contributed by atoms with Crippen LogP contribution in [0, 0.1) is 0 Å². The van der Waals surface area contributed by atoms with Gasteiger partial charge in [-0.25, -0.2) is 0 Å². The fourth-order valence-electron chi connectivity index (χ4n) is 2.13. The van der Waals surface area contributed by atoms with E-state index in [2.05, 4.69) is 5.32 Å². The monoisotopic (exact) mass is 267 g/mol. The second kappa shape index (κ2) is 4.92. The van der Waals surface area contributed by atoms with E-state index < -0.39 is 0 Å². The van der Waals surface area contributed by atoms with Gasteiger partial charge in [0.05, 0.1) is 11.6 Å². The number of methoxy groups -OCH3 is 1. The molecule has 98 valence electrons. The number of halogens is 1. The largest absolute Gasteiger partial charge is 0.459 e. The molecule has 1 aromatic carbocycles. The number of benzene rings is 1. The Bertz CT molecular complexity index is 548. The molecule has 0 saturated heterocycles. The molecule has 0 aliphatic rings. The highest BCUT2D eigenvalue weighted by molar-refractivity contribution is 6.31. The summed E-state index contributed by atoms with van der Waals surface area (Å²) in [7, 11) is 3.59. The van der Waals surface area contributed by atoms with Crippen molar-refractivity contribution in [3.63, 3.8) is 0 Å². The third kappa shape index (κ3) is 2.39. The van der Waals surface area contributed by atoms with E-state index in [1.54, 1.807) is 7.11 Å². The summed E-state index contributed by atoms with van der Waals surface area (Å²) in [5, 5.41) is 4.95. The van der Waals surface area contributed by atoms with Gasteiger partial charge >= 0.3 is 0 Å². The number of hydrogen-bond acceptors (Lipinski definition) is 3. The quantitative estimate of drug-likeness (QED) is 0.916. The number of fused-ring (bicyclic) bond motifs is 1. The van der Waals surface area contributed by atoms with Crippen molar-refractivity contribution in [1.29, 1.82) is 0 Å². The zero-order chi connectivity index (χ0) is 13.3. The van der Waals surface area contributed by atoms with Gasteiger partial charge in [-0.05, 0) is 45.2 Å². The molecule has 1 heterocycles. The molecule has 0 saturated carbocycles. The van der Waals surface area contributed by atoms with E-state index in [0.29, 0.717) is 5.02 Å². The van der Waals surface area contributed by atoms with Gasteiger partial charge in [-0.1, -0.05) is 11.6 Å². The Morgan fingerprint density at radius 2 is 2.06 bits per heavy atom. The topological polar surface area (TPSA) is 34.4 Å². The maximum atomic E-state index is 5.98. The Hall–Kier alpha value is -1.03. The average molecular weight is 268 g/mol. The summed E-state index contributed by atoms with van der Waals surface area (Å²) in [5.74, 6) is 0.849. The van der Waals surface area contributed by atoms with Gasteiger partial charge in [-0.15, -0.1) is 0 Å². The molecule has 4 heteroatoms. The second-order valence-electron chi connectivity index (χ2n) is 4.86. The van der Waals surface area contributed by atoms with Crippen LogP contribution < -0.4 is 5.32 Å². The number of hydrogen-bond donors (Lipinski definition) is 1. The SMILES string of the molecule is CNC(c1cc2cc(Cl)ccc2o1)C(C)(C)OC. The Kier molecular flexibility index (Phi) is 3.66. The van der Waals surface area contributed by atoms with Crippen LogP contribution in [0.2, 0.25) is 5.02 Å². The number of furan rings is 1. The van der Waals surface area contributed by atoms with Crippen LogP contribution in [-0.4, -0.2) is 19.8 Å². The maximum absolute atomic E-state index is 5.98. The van der Waals surface area contributed by atoms with Gasteiger partial charge in [0.25, 0.3) is 0 Å². The van der Waals surface area contributed by atoms with E-state index in [9.17, 15) is 0 Å². The zero-order valence-corrected chi connectivity index (χ0v) is 11.8. The molecular formula is C14H18ClNO2. The number of ether oxygens (including phenoxy) is 1. The summed E-state index contributed by atoms with van der Waals surface area (Å²) < 4.78 is 11.4. The first-order valence-electron chi connectivity index (χ1n) is 5.89. The summed E-state index contributed by atoms with van der Waals surface area (Å²) in [6, 6.07) is 7.59. The molecule has 0 aliphatic heterocycles. The Balaban J connectivity index is 2.46. The Morgan fingerprint density at radius 3 is 2.67 bits per heavy atom. The van der Waals surface area contributed by atoms with Crippen molar-refractivity contribution in [3.05, 3.63) is 35.0 Å². The van der Waals surface area contributed by atoms with E-state index in [0.717, 1.165) is 16.7 Å². The molecule has 1 atom stereocenters. The summed E-state index contributed by atoms with van der Waals surface area (Å²) in [6.45, 7) is 4.04. The number of rotatable bonds is 4. The molecule has 1 N–H and O–H groups in total. The molecule has 0 radical (unpaired) electrons. The van der Waals surface area contributed by atoms with Crippen LogP contribution in [0.25, 0.3) is 11.0 Å². The summed E-state index contributed by atoms with van der Waals surface area (Å²) in [5.41, 5.74) is 0.480. The molecule has 18 heavy (non-hydrogen) atoms. The van der Waals surface area contributed by atoms with Crippen molar-refractivity contribution in [2.45, 2.75) is 25.5 Å². The maximum Gasteiger partial charge on any atom is 0.134 e. The molecule has 2 rings (SSSR count). The van der Waals surface area contributed by atoms with Gasteiger partial charge in [0, 0.05) is 17.5 Å². The molecule has 0 bridgehead atoms. The van der Waals surface area contributed by atoms with Crippen LogP contribution in [0.4, 0.5) is 0 Å². The molecule has 0 spiro atoms. The minimum atomic E-state index is -0.355. The minimum Gasteiger partial charge on any atom is -0.459 e. The third-order valence-electron chi connectivity index (χ3n) is 3.29. The first-order valence-corrected chi connectivity index (χ1v) is 6.27. The van der Waals surface area contributed by atoms with Crippen LogP contribution in [0.15, 0.2) is 28.7 Å². The third-order valence-corrected chi connectivity index (χ3v) is 3.53. The standard InChI is InChI=1S/C14H18ClNO2/c1-14(2,17-4)13(16-3)12-8-9-7-10(15)5-6-11(9)18-12/h5-8,13,16H,1-4H3. The normalized spacial score (nSPS) is 14.1. The van der Waals surface area contributed by atoms with Gasteiger partial charge in [-0.3, -0.25) is 0 Å². The molecule has 2 aromatic rings. The predicted molar refractivity (Wildman–Crippen MR) is 74.1 cm³/mol. The van der Waals surface area contributed by atoms with Crippen molar-refractivity contribution < 1.29 is 9.15 Å². The summed E-state index contributed by atoms with van der Waals surface area (Å²) in [4.78, 5) is 0. The number of nitrogens with one attached hydrogen (secondary N) is 1. The molecule has 1 unspecified atom stereocenters. The minimum absolute atomic E-state index is 0.0197. The number of likely N-dealkylation sites (N-methyl/N-ethyl adjacent to an activating group) is 1. The van der Waals surface area contributed by atoms with Gasteiger partial charge in [0.1, 0.15) is 11.3 Å². The van der Waals surface area contributed by atoms with Gasteiger partial charge in [0.15, 0.2) is 0 Å².